The molecule has 1 fully saturated rings. The Bertz CT molecular complexity index is 542. The molecule has 0 heterocycles. The Hall–Kier alpha value is -2.18. The van der Waals surface area contributed by atoms with E-state index in [0.717, 1.165) is 25.0 Å². The zero-order valence-corrected chi connectivity index (χ0v) is 10.6. The summed E-state index contributed by atoms with van der Waals surface area (Å²) in [6, 6.07) is 2.16. The van der Waals surface area contributed by atoms with E-state index < -0.39 is 29.2 Å². The van der Waals surface area contributed by atoms with Crippen LogP contribution in [-0.4, -0.2) is 22.6 Å². The standard InChI is InChI=1S/C13H14F2N2O3/c14-9-4-3-8(7-10(9)15)16-12(20)17-13(11(18)19)5-1-2-6-13/h3-4,7H,1-2,5-6H2,(H,18,19)(H2,16,17,20). The van der Waals surface area contributed by atoms with Gasteiger partial charge in [-0.25, -0.2) is 18.4 Å². The summed E-state index contributed by atoms with van der Waals surface area (Å²) >= 11 is 0. The molecule has 2 rings (SSSR count). The molecule has 2 amide bonds. The summed E-state index contributed by atoms with van der Waals surface area (Å²) in [6.07, 6.45) is 2.15. The minimum absolute atomic E-state index is 0.0555. The summed E-state index contributed by atoms with van der Waals surface area (Å²) in [5.41, 5.74) is -1.22. The zero-order valence-electron chi connectivity index (χ0n) is 10.6. The molecule has 1 aliphatic rings. The average molecular weight is 284 g/mol. The maximum absolute atomic E-state index is 13.0. The van der Waals surface area contributed by atoms with Crippen LogP contribution in [0.1, 0.15) is 25.7 Å². The number of nitrogens with one attached hydrogen (secondary N) is 2. The number of hydrogen-bond acceptors (Lipinski definition) is 2. The van der Waals surface area contributed by atoms with Crippen molar-refractivity contribution < 1.29 is 23.5 Å². The highest BCUT2D eigenvalue weighted by Crippen LogP contribution is 2.30. The monoisotopic (exact) mass is 284 g/mol. The van der Waals surface area contributed by atoms with Gasteiger partial charge in [0.15, 0.2) is 11.6 Å². The number of carbonyl (C=O) groups excluding carboxylic acids is 1. The predicted octanol–water partition coefficient (Wildman–Crippen LogP) is 2.48. The van der Waals surface area contributed by atoms with Crippen molar-refractivity contribution in [2.75, 3.05) is 5.32 Å². The molecule has 0 unspecified atom stereocenters. The average Bonchev–Trinajstić information content (AvgIpc) is 2.83. The van der Waals surface area contributed by atoms with Crippen molar-refractivity contribution >= 4 is 17.7 Å². The number of rotatable bonds is 3. The van der Waals surface area contributed by atoms with Crippen molar-refractivity contribution in [1.82, 2.24) is 5.32 Å². The molecule has 1 aromatic carbocycles. The van der Waals surface area contributed by atoms with Crippen LogP contribution in [0.15, 0.2) is 18.2 Å². The van der Waals surface area contributed by atoms with Crippen LogP contribution < -0.4 is 10.6 Å². The third-order valence-electron chi connectivity index (χ3n) is 3.40. The summed E-state index contributed by atoms with van der Waals surface area (Å²) in [6.45, 7) is 0. The number of urea groups is 1. The van der Waals surface area contributed by atoms with Gasteiger partial charge in [0.1, 0.15) is 5.54 Å². The Morgan fingerprint density at radius 1 is 1.15 bits per heavy atom. The first-order valence-corrected chi connectivity index (χ1v) is 6.20. The number of amides is 2. The fraction of sp³-hybridized carbons (Fsp3) is 0.385. The van der Waals surface area contributed by atoms with Gasteiger partial charge in [-0.15, -0.1) is 0 Å². The first kappa shape index (κ1) is 14.2. The fourth-order valence-corrected chi connectivity index (χ4v) is 2.32. The highest BCUT2D eigenvalue weighted by molar-refractivity contribution is 5.94. The molecule has 0 aliphatic heterocycles. The molecule has 5 nitrogen and oxygen atoms in total. The smallest absolute Gasteiger partial charge is 0.329 e. The maximum Gasteiger partial charge on any atom is 0.329 e. The predicted molar refractivity (Wildman–Crippen MR) is 67.3 cm³/mol. The van der Waals surface area contributed by atoms with Gasteiger partial charge in [-0.1, -0.05) is 12.8 Å². The number of carbonyl (C=O) groups is 2. The third-order valence-corrected chi connectivity index (χ3v) is 3.40. The molecular formula is C13H14F2N2O3. The Labute approximate surface area is 114 Å². The van der Waals surface area contributed by atoms with E-state index in [1.807, 2.05) is 0 Å². The van der Waals surface area contributed by atoms with Crippen LogP contribution in [0.2, 0.25) is 0 Å². The maximum atomic E-state index is 13.0. The number of hydrogen-bond donors (Lipinski definition) is 3. The fourth-order valence-electron chi connectivity index (χ4n) is 2.32. The van der Waals surface area contributed by atoms with Crippen LogP contribution in [0.3, 0.4) is 0 Å². The molecule has 1 aliphatic carbocycles. The largest absolute Gasteiger partial charge is 0.480 e. The summed E-state index contributed by atoms with van der Waals surface area (Å²) in [4.78, 5) is 23.0. The van der Waals surface area contributed by atoms with E-state index in [4.69, 9.17) is 0 Å². The second-order valence-electron chi connectivity index (χ2n) is 4.80. The van der Waals surface area contributed by atoms with Gasteiger partial charge in [0, 0.05) is 11.8 Å². The summed E-state index contributed by atoms with van der Waals surface area (Å²) in [5, 5.41) is 13.9. The number of benzene rings is 1. The molecule has 0 radical (unpaired) electrons. The molecular weight excluding hydrogens is 270 g/mol. The topological polar surface area (TPSA) is 78.4 Å². The molecule has 1 saturated carbocycles. The Balaban J connectivity index is 2.04. The van der Waals surface area contributed by atoms with Crippen molar-refractivity contribution in [3.8, 4) is 0 Å². The minimum Gasteiger partial charge on any atom is -0.480 e. The van der Waals surface area contributed by atoms with E-state index in [2.05, 4.69) is 10.6 Å². The lowest BCUT2D eigenvalue weighted by molar-refractivity contribution is -0.144. The number of carboxylic acid groups (broad SMARTS) is 1. The van der Waals surface area contributed by atoms with Crippen LogP contribution >= 0.6 is 0 Å². The lowest BCUT2D eigenvalue weighted by Gasteiger charge is -2.25. The highest BCUT2D eigenvalue weighted by atomic mass is 19.2. The van der Waals surface area contributed by atoms with Gasteiger partial charge >= 0.3 is 12.0 Å². The first-order chi connectivity index (χ1) is 9.43. The number of aliphatic carboxylic acids is 1. The zero-order chi connectivity index (χ0) is 14.8. The van der Waals surface area contributed by atoms with E-state index in [9.17, 15) is 23.5 Å². The molecule has 1 aromatic rings. The second kappa shape index (κ2) is 5.44. The van der Waals surface area contributed by atoms with Crippen molar-refractivity contribution in [2.45, 2.75) is 31.2 Å². The first-order valence-electron chi connectivity index (χ1n) is 6.20. The number of anilines is 1. The van der Waals surface area contributed by atoms with Crippen LogP contribution in [0.5, 0.6) is 0 Å². The number of carboxylic acids is 1. The molecule has 20 heavy (non-hydrogen) atoms. The van der Waals surface area contributed by atoms with Crippen LogP contribution in [0.25, 0.3) is 0 Å². The van der Waals surface area contributed by atoms with Crippen LogP contribution in [0, 0.1) is 11.6 Å². The molecule has 7 heteroatoms. The van der Waals surface area contributed by atoms with Crippen LogP contribution in [0.4, 0.5) is 19.3 Å². The van der Waals surface area contributed by atoms with Gasteiger partial charge in [0.25, 0.3) is 0 Å². The summed E-state index contributed by atoms with van der Waals surface area (Å²) in [7, 11) is 0. The van der Waals surface area contributed by atoms with Crippen molar-refractivity contribution in [3.63, 3.8) is 0 Å². The van der Waals surface area contributed by atoms with E-state index in [1.165, 1.54) is 6.07 Å². The van der Waals surface area contributed by atoms with Crippen molar-refractivity contribution in [3.05, 3.63) is 29.8 Å². The SMILES string of the molecule is O=C(Nc1ccc(F)c(F)c1)NC1(C(=O)O)CCCC1. The quantitative estimate of drug-likeness (QED) is 0.798. The highest BCUT2D eigenvalue weighted by Gasteiger charge is 2.42. The third kappa shape index (κ3) is 2.87. The molecule has 0 saturated heterocycles. The second-order valence-corrected chi connectivity index (χ2v) is 4.80. The van der Waals surface area contributed by atoms with Crippen molar-refractivity contribution in [2.24, 2.45) is 0 Å². The van der Waals surface area contributed by atoms with Gasteiger partial charge < -0.3 is 15.7 Å². The lowest BCUT2D eigenvalue weighted by atomic mass is 9.98. The van der Waals surface area contributed by atoms with E-state index in [0.29, 0.717) is 12.8 Å². The van der Waals surface area contributed by atoms with Gasteiger partial charge in [-0.3, -0.25) is 0 Å². The Morgan fingerprint density at radius 2 is 1.80 bits per heavy atom. The summed E-state index contributed by atoms with van der Waals surface area (Å²) in [5.74, 6) is -3.19. The van der Waals surface area contributed by atoms with E-state index in [-0.39, 0.29) is 5.69 Å². The molecule has 0 atom stereocenters. The Kier molecular flexibility index (Phi) is 3.87. The lowest BCUT2D eigenvalue weighted by Crippen LogP contribution is -2.53. The molecule has 0 spiro atoms. The van der Waals surface area contributed by atoms with Crippen molar-refractivity contribution in [1.29, 1.82) is 0 Å². The van der Waals surface area contributed by atoms with Gasteiger partial charge in [-0.05, 0) is 25.0 Å². The summed E-state index contributed by atoms with van der Waals surface area (Å²) < 4.78 is 25.7. The number of halogens is 2. The van der Waals surface area contributed by atoms with Gasteiger partial charge in [0.2, 0.25) is 0 Å². The van der Waals surface area contributed by atoms with Gasteiger partial charge in [-0.2, -0.15) is 0 Å². The van der Waals surface area contributed by atoms with Gasteiger partial charge in [0.05, 0.1) is 0 Å². The van der Waals surface area contributed by atoms with Crippen LogP contribution in [-0.2, 0) is 4.79 Å². The molecule has 108 valence electrons. The Morgan fingerprint density at radius 3 is 2.35 bits per heavy atom. The van der Waals surface area contributed by atoms with E-state index >= 15 is 0 Å². The molecule has 3 N–H and O–H groups in total. The normalized spacial score (nSPS) is 16.7. The molecule has 0 bridgehead atoms. The minimum atomic E-state index is -1.28. The van der Waals surface area contributed by atoms with E-state index in [1.54, 1.807) is 0 Å². The molecule has 0 aromatic heterocycles.